The number of likely N-dealkylation sites (tertiary alicyclic amines) is 1. The van der Waals surface area contributed by atoms with Gasteiger partial charge in [-0.15, -0.1) is 21.5 Å². The molecule has 0 radical (unpaired) electrons. The van der Waals surface area contributed by atoms with Crippen LogP contribution in [0, 0.1) is 0 Å². The number of anilines is 1. The molecule has 2 aromatic heterocycles. The molecule has 3 rings (SSSR count). The molecule has 1 saturated heterocycles. The van der Waals surface area contributed by atoms with Crippen LogP contribution in [0.25, 0.3) is 0 Å². The van der Waals surface area contributed by atoms with Gasteiger partial charge in [-0.2, -0.15) is 0 Å². The van der Waals surface area contributed by atoms with Crippen LogP contribution in [-0.4, -0.2) is 54.3 Å². The minimum absolute atomic E-state index is 0.0122. The Labute approximate surface area is 139 Å². The fourth-order valence-corrected chi connectivity index (χ4v) is 3.21. The molecule has 23 heavy (non-hydrogen) atoms. The number of amides is 1. The zero-order valence-electron chi connectivity index (χ0n) is 13.3. The van der Waals surface area contributed by atoms with Crippen LogP contribution in [-0.2, 0) is 11.2 Å². The van der Waals surface area contributed by atoms with E-state index < -0.39 is 0 Å². The molecule has 0 aromatic carbocycles. The summed E-state index contributed by atoms with van der Waals surface area (Å²) in [6.07, 6.45) is 1.29. The molecule has 1 fully saturated rings. The van der Waals surface area contributed by atoms with E-state index in [0.717, 1.165) is 23.7 Å². The Balaban J connectivity index is 1.52. The molecule has 0 saturated carbocycles. The lowest BCUT2D eigenvalue weighted by Crippen LogP contribution is -2.32. The lowest BCUT2D eigenvalue weighted by Gasteiger charge is -2.17. The fourth-order valence-electron chi connectivity index (χ4n) is 2.51. The first-order valence-electron chi connectivity index (χ1n) is 7.59. The van der Waals surface area contributed by atoms with Crippen molar-refractivity contribution < 1.29 is 9.53 Å². The number of nitrogens with zero attached hydrogens (tertiary/aromatic N) is 4. The van der Waals surface area contributed by atoms with Crippen LogP contribution in [0.1, 0.15) is 11.3 Å². The first-order chi connectivity index (χ1) is 11.1. The standard InChI is InChI=1S/C16H20N4O2S/c1-19(2)14-5-6-15(18-17-14)22-12-7-8-20(11-12)16(21)10-13-4-3-9-23-13/h3-6,9,12H,7-8,10-11H2,1-2H3/t12-/m0/s1. The van der Waals surface area contributed by atoms with Crippen LogP contribution in [0.15, 0.2) is 29.6 Å². The van der Waals surface area contributed by atoms with Gasteiger partial charge in [0.15, 0.2) is 5.82 Å². The zero-order valence-corrected chi connectivity index (χ0v) is 14.1. The highest BCUT2D eigenvalue weighted by Crippen LogP contribution is 2.19. The molecule has 1 aliphatic rings. The third-order valence-electron chi connectivity index (χ3n) is 3.77. The summed E-state index contributed by atoms with van der Waals surface area (Å²) in [7, 11) is 3.83. The van der Waals surface area contributed by atoms with Gasteiger partial charge in [0, 0.05) is 38.0 Å². The zero-order chi connectivity index (χ0) is 16.2. The number of carbonyl (C=O) groups excluding carboxylic acids is 1. The molecule has 0 N–H and O–H groups in total. The summed E-state index contributed by atoms with van der Waals surface area (Å²) in [6.45, 7) is 1.35. The quantitative estimate of drug-likeness (QED) is 0.836. The number of carbonyl (C=O) groups is 1. The van der Waals surface area contributed by atoms with Gasteiger partial charge in [0.05, 0.1) is 13.0 Å². The topological polar surface area (TPSA) is 58.6 Å². The Morgan fingerprint density at radius 1 is 1.39 bits per heavy atom. The van der Waals surface area contributed by atoms with E-state index >= 15 is 0 Å². The molecule has 0 aliphatic carbocycles. The molecule has 6 nitrogen and oxygen atoms in total. The van der Waals surface area contributed by atoms with Crippen molar-refractivity contribution in [2.75, 3.05) is 32.1 Å². The van der Waals surface area contributed by atoms with Crippen LogP contribution in [0.2, 0.25) is 0 Å². The van der Waals surface area contributed by atoms with Gasteiger partial charge in [-0.25, -0.2) is 0 Å². The summed E-state index contributed by atoms with van der Waals surface area (Å²) in [4.78, 5) is 17.1. The molecule has 1 aliphatic heterocycles. The van der Waals surface area contributed by atoms with Gasteiger partial charge in [-0.05, 0) is 17.5 Å². The lowest BCUT2D eigenvalue weighted by molar-refractivity contribution is -0.129. The van der Waals surface area contributed by atoms with E-state index in [2.05, 4.69) is 10.2 Å². The predicted octanol–water partition coefficient (Wildman–Crippen LogP) is 1.83. The van der Waals surface area contributed by atoms with Gasteiger partial charge in [0.1, 0.15) is 6.10 Å². The summed E-state index contributed by atoms with van der Waals surface area (Å²) >= 11 is 1.62. The fraction of sp³-hybridized carbons (Fsp3) is 0.438. The normalized spacial score (nSPS) is 17.3. The number of aromatic nitrogens is 2. The number of hydrogen-bond donors (Lipinski definition) is 0. The van der Waals surface area contributed by atoms with E-state index in [-0.39, 0.29) is 12.0 Å². The smallest absolute Gasteiger partial charge is 0.233 e. The van der Waals surface area contributed by atoms with Crippen molar-refractivity contribution in [2.24, 2.45) is 0 Å². The number of ether oxygens (including phenoxy) is 1. The Morgan fingerprint density at radius 3 is 2.91 bits per heavy atom. The Morgan fingerprint density at radius 2 is 2.26 bits per heavy atom. The number of hydrogen-bond acceptors (Lipinski definition) is 6. The summed E-state index contributed by atoms with van der Waals surface area (Å²) in [5, 5.41) is 10.2. The molecule has 7 heteroatoms. The third-order valence-corrected chi connectivity index (χ3v) is 4.65. The lowest BCUT2D eigenvalue weighted by atomic mass is 10.3. The second-order valence-electron chi connectivity index (χ2n) is 5.75. The molecule has 1 amide bonds. The van der Waals surface area contributed by atoms with Gasteiger partial charge in [0.25, 0.3) is 0 Å². The summed E-state index contributed by atoms with van der Waals surface area (Å²) in [5.74, 6) is 1.46. The van der Waals surface area contributed by atoms with E-state index in [1.165, 1.54) is 0 Å². The van der Waals surface area contributed by atoms with Crippen LogP contribution in [0.4, 0.5) is 5.82 Å². The average Bonchev–Trinajstić information content (AvgIpc) is 3.19. The van der Waals surface area contributed by atoms with E-state index in [1.807, 2.05) is 53.5 Å². The maximum atomic E-state index is 12.3. The summed E-state index contributed by atoms with van der Waals surface area (Å²) < 4.78 is 5.84. The van der Waals surface area contributed by atoms with Crippen molar-refractivity contribution in [3.05, 3.63) is 34.5 Å². The van der Waals surface area contributed by atoms with Gasteiger partial charge < -0.3 is 14.5 Å². The van der Waals surface area contributed by atoms with Crippen molar-refractivity contribution in [2.45, 2.75) is 18.9 Å². The SMILES string of the molecule is CN(C)c1ccc(O[C@H]2CCN(C(=O)Cc3cccs3)C2)nn1. The third kappa shape index (κ3) is 3.98. The van der Waals surface area contributed by atoms with E-state index in [1.54, 1.807) is 11.3 Å². The highest BCUT2D eigenvalue weighted by Gasteiger charge is 2.28. The van der Waals surface area contributed by atoms with Gasteiger partial charge >= 0.3 is 0 Å². The molecule has 0 spiro atoms. The van der Waals surface area contributed by atoms with Crippen molar-refractivity contribution in [3.63, 3.8) is 0 Å². The van der Waals surface area contributed by atoms with E-state index in [0.29, 0.717) is 18.8 Å². The molecule has 3 heterocycles. The first-order valence-corrected chi connectivity index (χ1v) is 8.47. The highest BCUT2D eigenvalue weighted by molar-refractivity contribution is 7.10. The second-order valence-corrected chi connectivity index (χ2v) is 6.78. The maximum absolute atomic E-state index is 12.3. The Kier molecular flexibility index (Phi) is 4.76. The van der Waals surface area contributed by atoms with Crippen LogP contribution >= 0.6 is 11.3 Å². The van der Waals surface area contributed by atoms with Gasteiger partial charge in [0.2, 0.25) is 11.8 Å². The molecule has 0 bridgehead atoms. The summed E-state index contributed by atoms with van der Waals surface area (Å²) in [6, 6.07) is 7.66. The van der Waals surface area contributed by atoms with Crippen LogP contribution in [0.3, 0.4) is 0 Å². The van der Waals surface area contributed by atoms with Crippen LogP contribution < -0.4 is 9.64 Å². The minimum atomic E-state index is -0.0122. The van der Waals surface area contributed by atoms with E-state index in [4.69, 9.17) is 4.74 Å². The maximum Gasteiger partial charge on any atom is 0.233 e. The highest BCUT2D eigenvalue weighted by atomic mass is 32.1. The van der Waals surface area contributed by atoms with Gasteiger partial charge in [-0.3, -0.25) is 4.79 Å². The number of thiophene rings is 1. The van der Waals surface area contributed by atoms with E-state index in [9.17, 15) is 4.79 Å². The first kappa shape index (κ1) is 15.7. The average molecular weight is 332 g/mol. The Hall–Kier alpha value is -2.15. The monoisotopic (exact) mass is 332 g/mol. The van der Waals surface area contributed by atoms with Crippen molar-refractivity contribution in [1.82, 2.24) is 15.1 Å². The summed E-state index contributed by atoms with van der Waals surface area (Å²) in [5.41, 5.74) is 0. The van der Waals surface area contributed by atoms with Crippen LogP contribution in [0.5, 0.6) is 5.88 Å². The second kappa shape index (κ2) is 6.95. The minimum Gasteiger partial charge on any atom is -0.471 e. The van der Waals surface area contributed by atoms with Crippen molar-refractivity contribution >= 4 is 23.1 Å². The molecular weight excluding hydrogens is 312 g/mol. The molecule has 122 valence electrons. The number of rotatable bonds is 5. The van der Waals surface area contributed by atoms with Crippen molar-refractivity contribution in [3.8, 4) is 5.88 Å². The molecule has 1 atom stereocenters. The molecule has 0 unspecified atom stereocenters. The van der Waals surface area contributed by atoms with Gasteiger partial charge in [-0.1, -0.05) is 6.07 Å². The molecular formula is C16H20N4O2S. The molecule has 2 aromatic rings. The predicted molar refractivity (Wildman–Crippen MR) is 90.0 cm³/mol. The largest absolute Gasteiger partial charge is 0.471 e. The Bertz CT molecular complexity index is 643. The van der Waals surface area contributed by atoms with Crippen molar-refractivity contribution in [1.29, 1.82) is 0 Å².